The van der Waals surface area contributed by atoms with Crippen molar-refractivity contribution >= 4 is 5.97 Å². The minimum absolute atomic E-state index is 0.161. The molecule has 0 saturated heterocycles. The normalized spacial score (nSPS) is 20.9. The Morgan fingerprint density at radius 1 is 1.44 bits per heavy atom. The van der Waals surface area contributed by atoms with E-state index in [9.17, 15) is 4.79 Å². The van der Waals surface area contributed by atoms with Gasteiger partial charge in [-0.05, 0) is 37.1 Å². The Bertz CT molecular complexity index is 212. The molecule has 2 atom stereocenters. The lowest BCUT2D eigenvalue weighted by molar-refractivity contribution is -0.138. The highest BCUT2D eigenvalue weighted by molar-refractivity contribution is 5.67. The fraction of sp³-hybridized carbons (Fsp3) is 0.923. The van der Waals surface area contributed by atoms with Crippen LogP contribution in [0.15, 0.2) is 0 Å². The predicted octanol–water partition coefficient (Wildman–Crippen LogP) is 2.64. The molecule has 0 heterocycles. The van der Waals surface area contributed by atoms with Crippen molar-refractivity contribution in [3.63, 3.8) is 0 Å². The van der Waals surface area contributed by atoms with Crippen LogP contribution >= 0.6 is 0 Å². The van der Waals surface area contributed by atoms with Gasteiger partial charge in [0.05, 0.1) is 0 Å². The number of carbonyl (C=O) groups is 1. The lowest BCUT2D eigenvalue weighted by Gasteiger charge is -2.20. The molecule has 1 rings (SSSR count). The van der Waals surface area contributed by atoms with E-state index in [2.05, 4.69) is 6.92 Å². The van der Waals surface area contributed by atoms with Crippen LogP contribution in [0.1, 0.15) is 51.9 Å². The molecule has 0 bridgehead atoms. The van der Waals surface area contributed by atoms with Crippen molar-refractivity contribution in [2.45, 2.75) is 51.9 Å². The molecule has 3 heteroatoms. The molecule has 1 saturated carbocycles. The van der Waals surface area contributed by atoms with Crippen molar-refractivity contribution in [3.05, 3.63) is 0 Å². The van der Waals surface area contributed by atoms with E-state index < -0.39 is 5.97 Å². The monoisotopic (exact) mass is 227 g/mol. The first-order chi connectivity index (χ1) is 7.61. The molecule has 0 radical (unpaired) electrons. The molecule has 0 spiro atoms. The maximum Gasteiger partial charge on any atom is 0.303 e. The van der Waals surface area contributed by atoms with Crippen molar-refractivity contribution < 1.29 is 9.90 Å². The fourth-order valence-electron chi connectivity index (χ4n) is 2.99. The zero-order valence-corrected chi connectivity index (χ0v) is 10.3. The van der Waals surface area contributed by atoms with Crippen LogP contribution in [-0.2, 0) is 4.79 Å². The molecular formula is C13H25NO2. The Labute approximate surface area is 98.4 Å². The molecule has 1 aliphatic carbocycles. The van der Waals surface area contributed by atoms with Crippen LogP contribution in [0.5, 0.6) is 0 Å². The van der Waals surface area contributed by atoms with Crippen LogP contribution in [0, 0.1) is 17.8 Å². The summed E-state index contributed by atoms with van der Waals surface area (Å²) in [5.74, 6) is 0.951. The van der Waals surface area contributed by atoms with E-state index in [1.54, 1.807) is 0 Å². The van der Waals surface area contributed by atoms with Gasteiger partial charge < -0.3 is 10.8 Å². The molecule has 94 valence electrons. The summed E-state index contributed by atoms with van der Waals surface area (Å²) in [6.45, 7) is 2.74. The Morgan fingerprint density at radius 2 is 2.06 bits per heavy atom. The summed E-state index contributed by atoms with van der Waals surface area (Å²) in [7, 11) is 0. The first kappa shape index (κ1) is 13.5. The Morgan fingerprint density at radius 3 is 2.56 bits per heavy atom. The van der Waals surface area contributed by atoms with Gasteiger partial charge in [-0.25, -0.2) is 0 Å². The van der Waals surface area contributed by atoms with Gasteiger partial charge in [0.2, 0.25) is 0 Å². The molecule has 3 nitrogen and oxygen atoms in total. The van der Waals surface area contributed by atoms with E-state index in [4.69, 9.17) is 10.8 Å². The molecule has 1 aliphatic rings. The number of aliphatic carboxylic acids is 1. The minimum Gasteiger partial charge on any atom is -0.481 e. The third-order valence-corrected chi connectivity index (χ3v) is 3.74. The zero-order valence-electron chi connectivity index (χ0n) is 10.3. The van der Waals surface area contributed by atoms with Crippen molar-refractivity contribution in [1.29, 1.82) is 0 Å². The van der Waals surface area contributed by atoms with Gasteiger partial charge in [-0.2, -0.15) is 0 Å². The van der Waals surface area contributed by atoms with E-state index in [0.717, 1.165) is 12.3 Å². The lowest BCUT2D eigenvalue weighted by atomic mass is 9.86. The number of nitrogens with two attached hydrogens (primary N) is 1. The molecule has 0 aromatic carbocycles. The third kappa shape index (κ3) is 4.97. The third-order valence-electron chi connectivity index (χ3n) is 3.74. The van der Waals surface area contributed by atoms with Crippen LogP contribution in [0.25, 0.3) is 0 Å². The average Bonchev–Trinajstić information content (AvgIpc) is 2.68. The van der Waals surface area contributed by atoms with Gasteiger partial charge in [0.1, 0.15) is 0 Å². The number of carboxylic acids is 1. The highest BCUT2D eigenvalue weighted by Gasteiger charge is 2.20. The second-order valence-electron chi connectivity index (χ2n) is 5.43. The van der Waals surface area contributed by atoms with Crippen LogP contribution in [0.3, 0.4) is 0 Å². The quantitative estimate of drug-likeness (QED) is 0.702. The number of rotatable bonds is 7. The maximum atomic E-state index is 10.6. The topological polar surface area (TPSA) is 63.3 Å². The second-order valence-corrected chi connectivity index (χ2v) is 5.43. The molecule has 16 heavy (non-hydrogen) atoms. The Balaban J connectivity index is 2.24. The molecular weight excluding hydrogens is 202 g/mol. The van der Waals surface area contributed by atoms with E-state index in [0.29, 0.717) is 12.5 Å². The smallest absolute Gasteiger partial charge is 0.303 e. The fourth-order valence-corrected chi connectivity index (χ4v) is 2.99. The van der Waals surface area contributed by atoms with Gasteiger partial charge >= 0.3 is 5.97 Å². The lowest BCUT2D eigenvalue weighted by Crippen LogP contribution is -2.21. The minimum atomic E-state index is -0.719. The largest absolute Gasteiger partial charge is 0.481 e. The van der Waals surface area contributed by atoms with Crippen LogP contribution in [-0.4, -0.2) is 17.6 Å². The second kappa shape index (κ2) is 6.89. The Hall–Kier alpha value is -0.570. The summed E-state index contributed by atoms with van der Waals surface area (Å²) in [6.07, 6.45) is 7.97. The summed E-state index contributed by atoms with van der Waals surface area (Å²) in [5, 5.41) is 8.76. The van der Waals surface area contributed by atoms with Gasteiger partial charge in [-0.15, -0.1) is 0 Å². The average molecular weight is 227 g/mol. The van der Waals surface area contributed by atoms with Crippen molar-refractivity contribution in [3.8, 4) is 0 Å². The summed E-state index contributed by atoms with van der Waals surface area (Å²) in [5.41, 5.74) is 5.61. The SMILES string of the molecule is C[C@H](CC1CCCC1)C[C@H](CN)CC(=O)O. The summed E-state index contributed by atoms with van der Waals surface area (Å²) in [4.78, 5) is 10.6. The van der Waals surface area contributed by atoms with E-state index >= 15 is 0 Å². The van der Waals surface area contributed by atoms with E-state index in [1.807, 2.05) is 0 Å². The first-order valence-electron chi connectivity index (χ1n) is 6.53. The van der Waals surface area contributed by atoms with Crippen molar-refractivity contribution in [2.75, 3.05) is 6.54 Å². The van der Waals surface area contributed by atoms with Crippen LogP contribution in [0.2, 0.25) is 0 Å². The van der Waals surface area contributed by atoms with Gasteiger partial charge in [0.15, 0.2) is 0 Å². The molecule has 0 aromatic rings. The summed E-state index contributed by atoms with van der Waals surface area (Å²) in [6, 6.07) is 0. The molecule has 0 aromatic heterocycles. The zero-order chi connectivity index (χ0) is 12.0. The summed E-state index contributed by atoms with van der Waals surface area (Å²) >= 11 is 0. The van der Waals surface area contributed by atoms with Gasteiger partial charge in [0, 0.05) is 6.42 Å². The standard InChI is InChI=1S/C13H25NO2/c1-10(6-11-4-2-3-5-11)7-12(9-14)8-13(15)16/h10-12H,2-9,14H2,1H3,(H,15,16)/t10-,12+/m1/s1. The van der Waals surface area contributed by atoms with Gasteiger partial charge in [0.25, 0.3) is 0 Å². The highest BCUT2D eigenvalue weighted by Crippen LogP contribution is 2.32. The molecule has 0 aliphatic heterocycles. The molecule has 3 N–H and O–H groups in total. The molecule has 0 amide bonds. The van der Waals surface area contributed by atoms with E-state index in [1.165, 1.54) is 32.1 Å². The predicted molar refractivity (Wildman–Crippen MR) is 65.2 cm³/mol. The number of hydrogen-bond donors (Lipinski definition) is 2. The highest BCUT2D eigenvalue weighted by atomic mass is 16.4. The van der Waals surface area contributed by atoms with Gasteiger partial charge in [-0.3, -0.25) is 4.79 Å². The van der Waals surface area contributed by atoms with Crippen molar-refractivity contribution in [2.24, 2.45) is 23.5 Å². The maximum absolute atomic E-state index is 10.6. The number of hydrogen-bond acceptors (Lipinski definition) is 2. The molecule has 0 unspecified atom stereocenters. The Kier molecular flexibility index (Phi) is 5.81. The van der Waals surface area contributed by atoms with Gasteiger partial charge in [-0.1, -0.05) is 32.6 Å². The van der Waals surface area contributed by atoms with Crippen LogP contribution < -0.4 is 5.73 Å². The van der Waals surface area contributed by atoms with Crippen molar-refractivity contribution in [1.82, 2.24) is 0 Å². The molecule has 1 fully saturated rings. The van der Waals surface area contributed by atoms with E-state index in [-0.39, 0.29) is 12.3 Å². The first-order valence-corrected chi connectivity index (χ1v) is 6.53. The number of carboxylic acid groups (broad SMARTS) is 1. The summed E-state index contributed by atoms with van der Waals surface area (Å²) < 4.78 is 0. The van der Waals surface area contributed by atoms with Crippen LogP contribution in [0.4, 0.5) is 0 Å².